The quantitative estimate of drug-likeness (QED) is 0.651. The van der Waals surface area contributed by atoms with E-state index in [4.69, 9.17) is 0 Å². The lowest BCUT2D eigenvalue weighted by molar-refractivity contribution is -0.122. The van der Waals surface area contributed by atoms with Gasteiger partial charge in [-0.15, -0.1) is 0 Å². The highest BCUT2D eigenvalue weighted by atomic mass is 32.2. The van der Waals surface area contributed by atoms with Crippen molar-refractivity contribution in [2.75, 3.05) is 12.0 Å². The summed E-state index contributed by atoms with van der Waals surface area (Å²) in [5.74, 6) is -0.324. The summed E-state index contributed by atoms with van der Waals surface area (Å²) < 4.78 is 0. The van der Waals surface area contributed by atoms with Crippen LogP contribution < -0.4 is 5.32 Å². The molecular weight excluding hydrogens is 336 g/mol. The number of Topliss-reactive ketones (excluding diaryl/α,β-unsaturated/α-hetero) is 1. The number of hydrogen-bond donors (Lipinski definition) is 1. The van der Waals surface area contributed by atoms with Gasteiger partial charge in [0.25, 0.3) is 11.1 Å². The summed E-state index contributed by atoms with van der Waals surface area (Å²) in [7, 11) is 0. The third-order valence-electron chi connectivity index (χ3n) is 3.70. The molecule has 126 valence electrons. The van der Waals surface area contributed by atoms with Crippen molar-refractivity contribution in [2.45, 2.75) is 6.92 Å². The molecule has 0 unspecified atom stereocenters. The average molecular weight is 352 g/mol. The number of anilines is 1. The molecule has 5 nitrogen and oxygen atoms in total. The van der Waals surface area contributed by atoms with E-state index >= 15 is 0 Å². The first-order valence-electron chi connectivity index (χ1n) is 7.70. The fourth-order valence-electron chi connectivity index (χ4n) is 2.33. The maximum Gasteiger partial charge on any atom is 0.295 e. The van der Waals surface area contributed by atoms with Crippen molar-refractivity contribution in [3.05, 3.63) is 70.6 Å². The van der Waals surface area contributed by atoms with E-state index in [1.807, 2.05) is 30.3 Å². The molecule has 0 saturated carbocycles. The molecule has 2 amide bonds. The van der Waals surface area contributed by atoms with Gasteiger partial charge in [-0.2, -0.15) is 0 Å². The van der Waals surface area contributed by atoms with Crippen molar-refractivity contribution >= 4 is 40.5 Å². The molecule has 0 bridgehead atoms. The molecule has 1 saturated heterocycles. The van der Waals surface area contributed by atoms with Crippen molar-refractivity contribution in [1.29, 1.82) is 0 Å². The van der Waals surface area contributed by atoms with E-state index < -0.39 is 0 Å². The summed E-state index contributed by atoms with van der Waals surface area (Å²) in [6, 6.07) is 16.3. The van der Waals surface area contributed by atoms with Crippen molar-refractivity contribution in [3.8, 4) is 0 Å². The van der Waals surface area contributed by atoms with E-state index in [9.17, 15) is 14.4 Å². The Hall–Kier alpha value is -2.86. The molecule has 0 aromatic heterocycles. The summed E-state index contributed by atoms with van der Waals surface area (Å²) in [6.07, 6.45) is 1.71. The standard InChI is InChI=1S/C19H16N2O3S/c1-13(22)15-7-9-16(10-8-15)20-12-21-18(23)17(25-19(21)24)11-14-5-3-2-4-6-14/h2-11,20H,12H2,1H3. The lowest BCUT2D eigenvalue weighted by Gasteiger charge is -2.14. The Kier molecular flexibility index (Phi) is 5.00. The van der Waals surface area contributed by atoms with Crippen molar-refractivity contribution in [2.24, 2.45) is 0 Å². The lowest BCUT2D eigenvalue weighted by Crippen LogP contribution is -2.33. The zero-order valence-corrected chi connectivity index (χ0v) is 14.4. The molecule has 25 heavy (non-hydrogen) atoms. The zero-order valence-electron chi connectivity index (χ0n) is 13.6. The number of thioether (sulfide) groups is 1. The number of carbonyl (C=O) groups is 3. The lowest BCUT2D eigenvalue weighted by atomic mass is 10.1. The molecule has 1 aliphatic rings. The third-order valence-corrected chi connectivity index (χ3v) is 4.61. The van der Waals surface area contributed by atoms with Crippen LogP contribution in [0.15, 0.2) is 59.5 Å². The first-order valence-corrected chi connectivity index (χ1v) is 8.51. The van der Waals surface area contributed by atoms with Gasteiger partial charge in [-0.05, 0) is 54.6 Å². The SMILES string of the molecule is CC(=O)c1ccc(NCN2C(=O)SC(=Cc3ccccc3)C2=O)cc1. The van der Waals surface area contributed by atoms with Crippen LogP contribution in [0.2, 0.25) is 0 Å². The number of carbonyl (C=O) groups excluding carboxylic acids is 3. The molecule has 2 aromatic carbocycles. The average Bonchev–Trinajstić information content (AvgIpc) is 2.88. The van der Waals surface area contributed by atoms with E-state index in [0.29, 0.717) is 10.5 Å². The second kappa shape index (κ2) is 7.36. The molecule has 1 aliphatic heterocycles. The first-order chi connectivity index (χ1) is 12.0. The van der Waals surface area contributed by atoms with E-state index in [-0.39, 0.29) is 23.6 Å². The fraction of sp³-hybridized carbons (Fsp3) is 0.105. The Morgan fingerprint density at radius 2 is 1.76 bits per heavy atom. The van der Waals surface area contributed by atoms with Crippen LogP contribution >= 0.6 is 11.8 Å². The molecule has 1 N–H and O–H groups in total. The van der Waals surface area contributed by atoms with Gasteiger partial charge in [0.1, 0.15) is 0 Å². The zero-order chi connectivity index (χ0) is 17.8. The number of imide groups is 1. The predicted molar refractivity (Wildman–Crippen MR) is 99.2 cm³/mol. The number of nitrogens with one attached hydrogen (secondary N) is 1. The maximum absolute atomic E-state index is 12.4. The van der Waals surface area contributed by atoms with E-state index in [1.165, 1.54) is 11.8 Å². The van der Waals surface area contributed by atoms with Crippen LogP contribution in [0, 0.1) is 0 Å². The number of ketones is 1. The summed E-state index contributed by atoms with van der Waals surface area (Å²) in [5, 5.41) is 2.72. The van der Waals surface area contributed by atoms with Gasteiger partial charge in [0.2, 0.25) is 0 Å². The highest BCUT2D eigenvalue weighted by molar-refractivity contribution is 8.18. The molecule has 1 heterocycles. The normalized spacial score (nSPS) is 15.7. The van der Waals surface area contributed by atoms with Crippen LogP contribution in [0.5, 0.6) is 0 Å². The van der Waals surface area contributed by atoms with E-state index in [1.54, 1.807) is 30.3 Å². The molecule has 2 aromatic rings. The molecule has 0 spiro atoms. The number of benzene rings is 2. The van der Waals surface area contributed by atoms with Gasteiger partial charge in [0.15, 0.2) is 5.78 Å². The molecule has 0 aliphatic carbocycles. The number of hydrogen-bond acceptors (Lipinski definition) is 5. The summed E-state index contributed by atoms with van der Waals surface area (Å²) >= 11 is 0.932. The molecule has 3 rings (SSSR count). The van der Waals surface area contributed by atoms with Gasteiger partial charge in [-0.25, -0.2) is 0 Å². The Morgan fingerprint density at radius 1 is 1.08 bits per heavy atom. The molecule has 0 atom stereocenters. The van der Waals surface area contributed by atoms with Crippen molar-refractivity contribution < 1.29 is 14.4 Å². The summed E-state index contributed by atoms with van der Waals surface area (Å²) in [4.78, 5) is 37.4. The second-order valence-electron chi connectivity index (χ2n) is 5.49. The van der Waals surface area contributed by atoms with Gasteiger partial charge >= 0.3 is 0 Å². The number of rotatable bonds is 5. The van der Waals surface area contributed by atoms with Crippen molar-refractivity contribution in [1.82, 2.24) is 4.90 Å². The van der Waals surface area contributed by atoms with Gasteiger partial charge < -0.3 is 5.32 Å². The van der Waals surface area contributed by atoms with Gasteiger partial charge in [-0.3, -0.25) is 19.3 Å². The Bertz CT molecular complexity index is 845. The molecular formula is C19H16N2O3S. The fourth-order valence-corrected chi connectivity index (χ4v) is 3.17. The van der Waals surface area contributed by atoms with Gasteiger partial charge in [0, 0.05) is 11.3 Å². The van der Waals surface area contributed by atoms with Gasteiger partial charge in [0.05, 0.1) is 11.6 Å². The van der Waals surface area contributed by atoms with E-state index in [0.717, 1.165) is 23.0 Å². The summed E-state index contributed by atoms with van der Waals surface area (Å²) in [6.45, 7) is 1.58. The monoisotopic (exact) mass is 352 g/mol. The molecule has 1 fully saturated rings. The number of nitrogens with zero attached hydrogens (tertiary/aromatic N) is 1. The molecule has 6 heteroatoms. The highest BCUT2D eigenvalue weighted by Crippen LogP contribution is 2.32. The number of amides is 2. The topological polar surface area (TPSA) is 66.5 Å². The van der Waals surface area contributed by atoms with E-state index in [2.05, 4.69) is 5.32 Å². The van der Waals surface area contributed by atoms with Gasteiger partial charge in [-0.1, -0.05) is 30.3 Å². The minimum Gasteiger partial charge on any atom is -0.367 e. The van der Waals surface area contributed by atoms with Crippen molar-refractivity contribution in [3.63, 3.8) is 0 Å². The summed E-state index contributed by atoms with van der Waals surface area (Å²) in [5.41, 5.74) is 2.22. The predicted octanol–water partition coefficient (Wildman–Crippen LogP) is 4.00. The minimum absolute atomic E-state index is 0.0106. The Labute approximate surface area is 149 Å². The smallest absolute Gasteiger partial charge is 0.295 e. The maximum atomic E-state index is 12.4. The molecule has 0 radical (unpaired) electrons. The van der Waals surface area contributed by atoms with Crippen LogP contribution in [0.25, 0.3) is 6.08 Å². The van der Waals surface area contributed by atoms with Crippen LogP contribution in [0.1, 0.15) is 22.8 Å². The largest absolute Gasteiger partial charge is 0.367 e. The van der Waals surface area contributed by atoms with Crippen LogP contribution in [-0.4, -0.2) is 28.5 Å². The third kappa shape index (κ3) is 3.97. The Balaban J connectivity index is 1.67. The second-order valence-corrected chi connectivity index (χ2v) is 6.48. The first kappa shape index (κ1) is 17.0. The highest BCUT2D eigenvalue weighted by Gasteiger charge is 2.34. The Morgan fingerprint density at radius 3 is 2.40 bits per heavy atom. The minimum atomic E-state index is -0.313. The van der Waals surface area contributed by atoms with Crippen LogP contribution in [0.4, 0.5) is 10.5 Å². The van der Waals surface area contributed by atoms with Crippen LogP contribution in [-0.2, 0) is 4.79 Å². The van der Waals surface area contributed by atoms with Crippen LogP contribution in [0.3, 0.4) is 0 Å².